The maximum Gasteiger partial charge on any atom is 0.259 e. The van der Waals surface area contributed by atoms with Gasteiger partial charge < -0.3 is 15.0 Å². The van der Waals surface area contributed by atoms with Crippen molar-refractivity contribution in [2.75, 3.05) is 49.6 Å². The summed E-state index contributed by atoms with van der Waals surface area (Å²) in [6.45, 7) is 7.80. The molecule has 5 rings (SSSR count). The number of hydrogen-bond donors (Lipinski definition) is 1. The molecule has 0 spiro atoms. The third kappa shape index (κ3) is 5.50. The van der Waals surface area contributed by atoms with Crippen molar-refractivity contribution in [3.63, 3.8) is 0 Å². The van der Waals surface area contributed by atoms with Gasteiger partial charge in [0.2, 0.25) is 0 Å². The molecule has 2 aromatic carbocycles. The average molecular weight is 606 g/mol. The fraction of sp³-hybridized carbons (Fsp3) is 0.385. The van der Waals surface area contributed by atoms with E-state index in [0.29, 0.717) is 16.6 Å². The highest BCUT2D eigenvalue weighted by atomic mass is 127. The van der Waals surface area contributed by atoms with Crippen LogP contribution < -0.4 is 10.2 Å². The molecule has 1 amide bonds. The number of anilines is 2. The van der Waals surface area contributed by atoms with Gasteiger partial charge >= 0.3 is 0 Å². The average Bonchev–Trinajstić information content (AvgIpc) is 3.27. The number of amides is 1. The Labute approximate surface area is 224 Å². The molecule has 2 aliphatic heterocycles. The summed E-state index contributed by atoms with van der Waals surface area (Å²) in [4.78, 5) is 18.1. The van der Waals surface area contributed by atoms with E-state index in [-0.39, 0.29) is 5.91 Å². The van der Waals surface area contributed by atoms with Gasteiger partial charge in [0.15, 0.2) is 0 Å². The molecule has 0 atom stereocenters. The maximum absolute atomic E-state index is 13.0. The van der Waals surface area contributed by atoms with Gasteiger partial charge in [-0.3, -0.25) is 9.69 Å². The van der Waals surface area contributed by atoms with Crippen LogP contribution in [0, 0.1) is 10.5 Å². The van der Waals surface area contributed by atoms with Crippen molar-refractivity contribution >= 4 is 51.5 Å². The van der Waals surface area contributed by atoms with Gasteiger partial charge in [0.1, 0.15) is 0 Å². The first-order chi connectivity index (χ1) is 17.0. The number of nitrogens with one attached hydrogen (secondary N) is 1. The Hall–Kier alpha value is -2.14. The number of halogens is 2. The van der Waals surface area contributed by atoms with Crippen LogP contribution in [-0.4, -0.2) is 66.0 Å². The standard InChI is InChI=1S/C26H29ClIN5O2/c1-18-23(17-29-33(18)22-5-2-19(27)3-6-22)26(34)30-20-4-7-25(24(28)16-20)32-10-8-21(9-11-32)31-12-14-35-15-13-31/h2-7,16-17,21H,8-15H2,1H3,(H,30,34). The summed E-state index contributed by atoms with van der Waals surface area (Å²) >= 11 is 8.37. The number of aromatic nitrogens is 2. The summed E-state index contributed by atoms with van der Waals surface area (Å²) < 4.78 is 8.39. The number of rotatable bonds is 5. The zero-order valence-corrected chi connectivity index (χ0v) is 22.6. The van der Waals surface area contributed by atoms with E-state index in [4.69, 9.17) is 16.3 Å². The number of ether oxygens (including phenoxy) is 1. The van der Waals surface area contributed by atoms with Gasteiger partial charge in [-0.25, -0.2) is 4.68 Å². The Balaban J connectivity index is 1.22. The maximum atomic E-state index is 13.0. The monoisotopic (exact) mass is 605 g/mol. The molecular formula is C26H29ClIN5O2. The van der Waals surface area contributed by atoms with Crippen LogP contribution in [-0.2, 0) is 4.74 Å². The zero-order chi connectivity index (χ0) is 24.4. The van der Waals surface area contributed by atoms with Gasteiger partial charge in [0, 0.05) is 46.5 Å². The Kier molecular flexibility index (Phi) is 7.62. The first-order valence-electron chi connectivity index (χ1n) is 12.0. The molecule has 3 aromatic rings. The second-order valence-electron chi connectivity index (χ2n) is 9.02. The van der Waals surface area contributed by atoms with E-state index in [9.17, 15) is 4.79 Å². The van der Waals surface area contributed by atoms with Gasteiger partial charge in [0.25, 0.3) is 5.91 Å². The molecule has 1 aromatic heterocycles. The lowest BCUT2D eigenvalue weighted by molar-refractivity contribution is 0.0115. The van der Waals surface area contributed by atoms with Crippen LogP contribution in [0.3, 0.4) is 0 Å². The van der Waals surface area contributed by atoms with Crippen molar-refractivity contribution < 1.29 is 9.53 Å². The smallest absolute Gasteiger partial charge is 0.259 e. The van der Waals surface area contributed by atoms with Crippen molar-refractivity contribution in [1.82, 2.24) is 14.7 Å². The highest BCUT2D eigenvalue weighted by Gasteiger charge is 2.26. The van der Waals surface area contributed by atoms with Gasteiger partial charge in [-0.1, -0.05) is 11.6 Å². The summed E-state index contributed by atoms with van der Waals surface area (Å²) in [5, 5.41) is 8.11. The number of piperidine rings is 1. The fourth-order valence-corrected chi connectivity index (χ4v) is 5.91. The minimum Gasteiger partial charge on any atom is -0.379 e. The second kappa shape index (κ2) is 10.9. The molecule has 0 saturated carbocycles. The molecule has 2 aliphatic rings. The number of carbonyl (C=O) groups is 1. The molecule has 35 heavy (non-hydrogen) atoms. The highest BCUT2D eigenvalue weighted by molar-refractivity contribution is 14.1. The molecule has 3 heterocycles. The molecule has 0 unspecified atom stereocenters. The number of carbonyl (C=O) groups excluding carboxylic acids is 1. The van der Waals surface area contributed by atoms with Gasteiger partial charge in [0.05, 0.1) is 42.0 Å². The largest absolute Gasteiger partial charge is 0.379 e. The van der Waals surface area contributed by atoms with E-state index in [1.54, 1.807) is 10.9 Å². The van der Waals surface area contributed by atoms with Crippen LogP contribution in [0.1, 0.15) is 28.9 Å². The van der Waals surface area contributed by atoms with Gasteiger partial charge in [-0.15, -0.1) is 0 Å². The highest BCUT2D eigenvalue weighted by Crippen LogP contribution is 2.30. The number of morpholine rings is 1. The molecule has 2 saturated heterocycles. The first-order valence-corrected chi connectivity index (χ1v) is 13.4. The predicted octanol–water partition coefficient (Wildman–Crippen LogP) is 4.99. The molecular weight excluding hydrogens is 577 g/mol. The summed E-state index contributed by atoms with van der Waals surface area (Å²) in [7, 11) is 0. The zero-order valence-electron chi connectivity index (χ0n) is 19.7. The molecule has 0 radical (unpaired) electrons. The Morgan fingerprint density at radius 3 is 2.49 bits per heavy atom. The van der Waals surface area contributed by atoms with Crippen LogP contribution >= 0.6 is 34.2 Å². The fourth-order valence-electron chi connectivity index (χ4n) is 4.93. The number of hydrogen-bond acceptors (Lipinski definition) is 5. The van der Waals surface area contributed by atoms with E-state index >= 15 is 0 Å². The van der Waals surface area contributed by atoms with E-state index in [1.807, 2.05) is 43.3 Å². The van der Waals surface area contributed by atoms with E-state index in [2.05, 4.69) is 48.9 Å². The van der Waals surface area contributed by atoms with E-state index < -0.39 is 0 Å². The summed E-state index contributed by atoms with van der Waals surface area (Å²) in [5.74, 6) is -0.169. The molecule has 2 fully saturated rings. The van der Waals surface area contributed by atoms with Crippen molar-refractivity contribution in [2.24, 2.45) is 0 Å². The topological polar surface area (TPSA) is 62.6 Å². The molecule has 0 aliphatic carbocycles. The lowest BCUT2D eigenvalue weighted by Gasteiger charge is -2.41. The molecule has 9 heteroatoms. The van der Waals surface area contributed by atoms with Crippen LogP contribution in [0.15, 0.2) is 48.7 Å². The van der Waals surface area contributed by atoms with Gasteiger partial charge in [-0.2, -0.15) is 5.10 Å². The van der Waals surface area contributed by atoms with Gasteiger partial charge in [-0.05, 0) is 84.8 Å². The van der Waals surface area contributed by atoms with Crippen LogP contribution in [0.4, 0.5) is 11.4 Å². The molecule has 1 N–H and O–H groups in total. The number of nitrogens with zero attached hydrogens (tertiary/aromatic N) is 4. The van der Waals surface area contributed by atoms with E-state index in [1.165, 1.54) is 18.5 Å². The Morgan fingerprint density at radius 1 is 1.09 bits per heavy atom. The lowest BCUT2D eigenvalue weighted by atomic mass is 10.0. The van der Waals surface area contributed by atoms with E-state index in [0.717, 1.165) is 60.0 Å². The first kappa shape index (κ1) is 24.5. The minimum atomic E-state index is -0.169. The van der Waals surface area contributed by atoms with Crippen molar-refractivity contribution in [3.05, 3.63) is 68.5 Å². The Bertz CT molecular complexity index is 1180. The van der Waals surface area contributed by atoms with Crippen molar-refractivity contribution in [1.29, 1.82) is 0 Å². The molecule has 184 valence electrons. The molecule has 7 nitrogen and oxygen atoms in total. The van der Waals surface area contributed by atoms with Crippen LogP contribution in [0.5, 0.6) is 0 Å². The lowest BCUT2D eigenvalue weighted by Crippen LogP contribution is -2.49. The summed E-state index contributed by atoms with van der Waals surface area (Å²) in [6, 6.07) is 14.2. The van der Waals surface area contributed by atoms with Crippen molar-refractivity contribution in [2.45, 2.75) is 25.8 Å². The van der Waals surface area contributed by atoms with Crippen molar-refractivity contribution in [3.8, 4) is 5.69 Å². The SMILES string of the molecule is Cc1c(C(=O)Nc2ccc(N3CCC(N4CCOCC4)CC3)c(I)c2)cnn1-c1ccc(Cl)cc1. The summed E-state index contributed by atoms with van der Waals surface area (Å²) in [6.07, 6.45) is 3.95. The third-order valence-corrected chi connectivity index (χ3v) is 8.01. The number of benzene rings is 2. The quantitative estimate of drug-likeness (QED) is 0.415. The third-order valence-electron chi connectivity index (χ3n) is 6.90. The normalized spacial score (nSPS) is 17.5. The predicted molar refractivity (Wildman–Crippen MR) is 148 cm³/mol. The van der Waals surface area contributed by atoms with Crippen LogP contribution in [0.2, 0.25) is 5.02 Å². The second-order valence-corrected chi connectivity index (χ2v) is 10.6. The summed E-state index contributed by atoms with van der Waals surface area (Å²) in [5.41, 5.74) is 4.20. The minimum absolute atomic E-state index is 0.169. The molecule has 0 bridgehead atoms. The Morgan fingerprint density at radius 2 is 1.80 bits per heavy atom. The van der Waals surface area contributed by atoms with Crippen LogP contribution in [0.25, 0.3) is 5.69 Å².